The molecule has 25 heavy (non-hydrogen) atoms. The minimum atomic E-state index is -3.40. The zero-order valence-electron chi connectivity index (χ0n) is 14.4. The Balaban J connectivity index is 0.00000312. The monoisotopic (exact) mass is 392 g/mol. The first-order valence-electron chi connectivity index (χ1n) is 8.39. The number of halogens is 2. The third kappa shape index (κ3) is 6.56. The molecule has 0 radical (unpaired) electrons. The van der Waals surface area contributed by atoms with Crippen molar-refractivity contribution in [2.24, 2.45) is 0 Å². The van der Waals surface area contributed by atoms with E-state index in [0.29, 0.717) is 31.6 Å². The fourth-order valence-corrected chi connectivity index (χ4v) is 4.26. The molecule has 0 spiro atoms. The van der Waals surface area contributed by atoms with Crippen LogP contribution in [-0.4, -0.2) is 50.4 Å². The number of carbonyl (C=O) groups excluding carboxylic acids is 1. The van der Waals surface area contributed by atoms with Crippen LogP contribution in [0, 0.1) is 5.82 Å². The molecule has 1 saturated heterocycles. The minimum Gasteiger partial charge on any atom is -0.332 e. The van der Waals surface area contributed by atoms with Gasteiger partial charge in [0.15, 0.2) is 9.84 Å². The Morgan fingerprint density at radius 3 is 2.80 bits per heavy atom. The molecule has 1 N–H and O–H groups in total. The topological polar surface area (TPSA) is 66.5 Å². The summed E-state index contributed by atoms with van der Waals surface area (Å²) in [6.07, 6.45) is 2.36. The minimum absolute atomic E-state index is 0. The van der Waals surface area contributed by atoms with Crippen LogP contribution in [-0.2, 0) is 14.6 Å². The molecule has 1 heterocycles. The molecule has 0 aliphatic carbocycles. The molecule has 5 nitrogen and oxygen atoms in total. The summed E-state index contributed by atoms with van der Waals surface area (Å²) in [4.78, 5) is 14.1. The number of piperazine rings is 1. The number of sulfone groups is 1. The summed E-state index contributed by atoms with van der Waals surface area (Å²) in [6.45, 7) is 3.52. The Hall–Kier alpha value is -1.18. The largest absolute Gasteiger partial charge is 0.332 e. The fraction of sp³-hybridized carbons (Fsp3) is 0.588. The van der Waals surface area contributed by atoms with Crippen LogP contribution in [0.15, 0.2) is 24.3 Å². The van der Waals surface area contributed by atoms with Gasteiger partial charge in [-0.3, -0.25) is 4.79 Å². The van der Waals surface area contributed by atoms with Crippen LogP contribution < -0.4 is 5.32 Å². The van der Waals surface area contributed by atoms with Crippen molar-refractivity contribution in [1.29, 1.82) is 0 Å². The van der Waals surface area contributed by atoms with Gasteiger partial charge in [0.2, 0.25) is 5.91 Å². The lowest BCUT2D eigenvalue weighted by molar-refractivity contribution is -0.131. The summed E-state index contributed by atoms with van der Waals surface area (Å²) < 4.78 is 37.7. The number of nitrogens with zero attached hydrogens (tertiary/aromatic N) is 1. The van der Waals surface area contributed by atoms with Gasteiger partial charge in [-0.05, 0) is 24.1 Å². The molecule has 1 fully saturated rings. The van der Waals surface area contributed by atoms with Crippen molar-refractivity contribution in [3.8, 4) is 0 Å². The summed E-state index contributed by atoms with van der Waals surface area (Å²) in [5, 5.41) is 3.18. The Morgan fingerprint density at radius 1 is 1.36 bits per heavy atom. The lowest BCUT2D eigenvalue weighted by Gasteiger charge is -2.36. The number of carbonyl (C=O) groups is 1. The van der Waals surface area contributed by atoms with Crippen LogP contribution in [0.25, 0.3) is 0 Å². The van der Waals surface area contributed by atoms with Gasteiger partial charge in [-0.2, -0.15) is 0 Å². The first-order valence-corrected chi connectivity index (χ1v) is 10.2. The number of hydrogen-bond acceptors (Lipinski definition) is 4. The van der Waals surface area contributed by atoms with Crippen molar-refractivity contribution in [3.63, 3.8) is 0 Å². The van der Waals surface area contributed by atoms with Gasteiger partial charge in [0, 0.05) is 19.6 Å². The molecule has 1 unspecified atom stereocenters. The van der Waals surface area contributed by atoms with Gasteiger partial charge in [0.25, 0.3) is 0 Å². The van der Waals surface area contributed by atoms with Gasteiger partial charge in [-0.1, -0.05) is 31.9 Å². The summed E-state index contributed by atoms with van der Waals surface area (Å²) in [7, 11) is -3.40. The Labute approximate surface area is 155 Å². The van der Waals surface area contributed by atoms with Crippen LogP contribution in [0.5, 0.6) is 0 Å². The molecular formula is C17H26ClFN2O3S. The summed E-state index contributed by atoms with van der Waals surface area (Å²) in [5.41, 5.74) is 0.680. The van der Waals surface area contributed by atoms with E-state index >= 15 is 0 Å². The molecule has 1 aliphatic rings. The maximum atomic E-state index is 13.5. The molecular weight excluding hydrogens is 367 g/mol. The van der Waals surface area contributed by atoms with E-state index < -0.39 is 21.5 Å². The van der Waals surface area contributed by atoms with Gasteiger partial charge >= 0.3 is 0 Å². The van der Waals surface area contributed by atoms with E-state index in [0.717, 1.165) is 12.8 Å². The summed E-state index contributed by atoms with van der Waals surface area (Å²) in [6, 6.07) is 5.77. The highest BCUT2D eigenvalue weighted by Gasteiger charge is 2.30. The first-order chi connectivity index (χ1) is 11.4. The van der Waals surface area contributed by atoms with Gasteiger partial charge in [-0.25, -0.2) is 12.8 Å². The number of amides is 1. The second-order valence-electron chi connectivity index (χ2n) is 6.16. The van der Waals surface area contributed by atoms with Gasteiger partial charge in [0.1, 0.15) is 11.6 Å². The van der Waals surface area contributed by atoms with Crippen molar-refractivity contribution in [2.75, 3.05) is 31.1 Å². The van der Waals surface area contributed by atoms with E-state index in [1.54, 1.807) is 17.0 Å². The number of nitrogens with one attached hydrogen (secondary N) is 1. The standard InChI is InChI=1S/C17H25FN2O3S.ClH/c1-2-3-4-10-24(22,23)13-17(21)20-9-8-19-12-16(20)14-6-5-7-15(18)11-14;/h5-7,11,16,19H,2-4,8-10,12-13H2,1H3;1H. The first kappa shape index (κ1) is 21.9. The van der Waals surface area contributed by atoms with Crippen LogP contribution >= 0.6 is 12.4 Å². The fourth-order valence-electron chi connectivity index (χ4n) is 2.93. The second-order valence-corrected chi connectivity index (χ2v) is 8.35. The van der Waals surface area contributed by atoms with Crippen molar-refractivity contribution in [1.82, 2.24) is 10.2 Å². The molecule has 0 aromatic heterocycles. The summed E-state index contributed by atoms with van der Waals surface area (Å²) >= 11 is 0. The number of unbranched alkanes of at least 4 members (excludes halogenated alkanes) is 2. The van der Waals surface area contributed by atoms with E-state index in [1.807, 2.05) is 6.92 Å². The van der Waals surface area contributed by atoms with E-state index in [9.17, 15) is 17.6 Å². The zero-order valence-corrected chi connectivity index (χ0v) is 16.0. The molecule has 1 aromatic carbocycles. The van der Waals surface area contributed by atoms with Crippen LogP contribution in [0.1, 0.15) is 37.8 Å². The third-order valence-corrected chi connectivity index (χ3v) is 5.80. The zero-order chi connectivity index (χ0) is 17.6. The molecule has 1 aliphatic heterocycles. The lowest BCUT2D eigenvalue weighted by atomic mass is 10.0. The van der Waals surface area contributed by atoms with Crippen LogP contribution in [0.3, 0.4) is 0 Å². The molecule has 0 bridgehead atoms. The lowest BCUT2D eigenvalue weighted by Crippen LogP contribution is -2.50. The normalized spacial score (nSPS) is 17.8. The van der Waals surface area contributed by atoms with Crippen LogP contribution in [0.2, 0.25) is 0 Å². The highest BCUT2D eigenvalue weighted by Crippen LogP contribution is 2.23. The van der Waals surface area contributed by atoms with E-state index in [1.165, 1.54) is 12.1 Å². The Kier molecular flexibility index (Phi) is 8.82. The maximum Gasteiger partial charge on any atom is 0.238 e. The van der Waals surface area contributed by atoms with Gasteiger partial charge in [0.05, 0.1) is 11.8 Å². The van der Waals surface area contributed by atoms with Gasteiger partial charge in [-0.15, -0.1) is 12.4 Å². The van der Waals surface area contributed by atoms with Crippen molar-refractivity contribution in [2.45, 2.75) is 32.2 Å². The van der Waals surface area contributed by atoms with E-state index in [-0.39, 0.29) is 30.0 Å². The molecule has 0 saturated carbocycles. The SMILES string of the molecule is CCCCCS(=O)(=O)CC(=O)N1CCNCC1c1cccc(F)c1.Cl. The van der Waals surface area contributed by atoms with Crippen molar-refractivity contribution in [3.05, 3.63) is 35.6 Å². The highest BCUT2D eigenvalue weighted by molar-refractivity contribution is 7.92. The molecule has 8 heteroatoms. The van der Waals surface area contributed by atoms with Crippen molar-refractivity contribution < 1.29 is 17.6 Å². The number of benzene rings is 1. The maximum absolute atomic E-state index is 13.5. The van der Waals surface area contributed by atoms with E-state index in [2.05, 4.69) is 5.32 Å². The predicted octanol–water partition coefficient (Wildman–Crippen LogP) is 2.33. The average molecular weight is 393 g/mol. The Morgan fingerprint density at radius 2 is 2.12 bits per heavy atom. The quantitative estimate of drug-likeness (QED) is 0.723. The molecule has 1 amide bonds. The van der Waals surface area contributed by atoms with Crippen molar-refractivity contribution >= 4 is 28.2 Å². The van der Waals surface area contributed by atoms with Gasteiger partial charge < -0.3 is 10.2 Å². The highest BCUT2D eigenvalue weighted by atomic mass is 35.5. The predicted molar refractivity (Wildman–Crippen MR) is 99.2 cm³/mol. The molecule has 2 rings (SSSR count). The van der Waals surface area contributed by atoms with Crippen LogP contribution in [0.4, 0.5) is 4.39 Å². The third-order valence-electron chi connectivity index (χ3n) is 4.20. The smallest absolute Gasteiger partial charge is 0.238 e. The second kappa shape index (κ2) is 10.1. The average Bonchev–Trinajstić information content (AvgIpc) is 2.54. The molecule has 1 atom stereocenters. The number of hydrogen-bond donors (Lipinski definition) is 1. The summed E-state index contributed by atoms with van der Waals surface area (Å²) in [5.74, 6) is -1.19. The molecule has 142 valence electrons. The Bertz CT molecular complexity index is 670. The molecule has 1 aromatic rings. The number of rotatable bonds is 7. The van der Waals surface area contributed by atoms with E-state index in [4.69, 9.17) is 0 Å².